The fraction of sp³-hybridized carbons (Fsp3) is 0.0606. The Kier molecular flexibility index (Phi) is 10.1. The van der Waals surface area contributed by atoms with E-state index in [-0.39, 0.29) is 0 Å². The predicted octanol–water partition coefficient (Wildman–Crippen LogP) is 17.9. The number of rotatable bonds is 7. The molecule has 0 aliphatic rings. The molecule has 330 valence electrons. The van der Waals surface area contributed by atoms with Crippen molar-refractivity contribution >= 4 is 49.3 Å². The lowest BCUT2D eigenvalue weighted by Gasteiger charge is -2.20. The fourth-order valence-electron chi connectivity index (χ4n) is 10.8. The average molecular weight is 895 g/mol. The van der Waals surface area contributed by atoms with E-state index in [9.17, 15) is 5.26 Å². The van der Waals surface area contributed by atoms with Crippen LogP contribution in [0.2, 0.25) is 0 Å². The molecule has 0 saturated carbocycles. The zero-order valence-electron chi connectivity index (χ0n) is 39.4. The summed E-state index contributed by atoms with van der Waals surface area (Å²) in [7, 11) is 0. The number of fused-ring (bicyclic) bond motifs is 6. The normalized spacial score (nSPS) is 11.4. The van der Waals surface area contributed by atoms with Gasteiger partial charge in [0, 0.05) is 21.5 Å². The third-order valence-corrected chi connectivity index (χ3v) is 14.4. The summed E-state index contributed by atoms with van der Waals surface area (Å²) in [5.74, 6) is 0. The molecule has 4 nitrogen and oxygen atoms in total. The second-order valence-corrected chi connectivity index (χ2v) is 18.5. The first kappa shape index (κ1) is 42.2. The smallest absolute Gasteiger partial charge is 0.197 e. The Labute approximate surface area is 408 Å². The zero-order chi connectivity index (χ0) is 47.6. The van der Waals surface area contributed by atoms with Crippen molar-refractivity contribution in [1.29, 1.82) is 5.26 Å². The summed E-state index contributed by atoms with van der Waals surface area (Å²) >= 11 is 0. The van der Waals surface area contributed by atoms with Crippen LogP contribution < -0.4 is 0 Å². The summed E-state index contributed by atoms with van der Waals surface area (Å²) in [4.78, 5) is 4.26. The lowest BCUT2D eigenvalue weighted by molar-refractivity contribution is 1.10. The van der Waals surface area contributed by atoms with Gasteiger partial charge in [-0.25, -0.2) is 4.85 Å². The van der Waals surface area contributed by atoms with Crippen LogP contribution in [0.15, 0.2) is 206 Å². The van der Waals surface area contributed by atoms with Crippen molar-refractivity contribution in [3.63, 3.8) is 0 Å². The van der Waals surface area contributed by atoms with Gasteiger partial charge in [0.25, 0.3) is 0 Å². The highest BCUT2D eigenvalue weighted by atomic mass is 15.1. The molecule has 0 atom stereocenters. The van der Waals surface area contributed by atoms with E-state index in [1.54, 1.807) is 0 Å². The van der Waals surface area contributed by atoms with Gasteiger partial charge in [-0.15, -0.1) is 0 Å². The molecule has 0 unspecified atom stereocenters. The molecule has 10 aromatic carbocycles. The summed E-state index contributed by atoms with van der Waals surface area (Å²) in [6, 6.07) is 75.9. The molecule has 2 aromatic heterocycles. The molecule has 0 fully saturated rings. The number of aryl methyl sites for hydroxylation is 4. The summed E-state index contributed by atoms with van der Waals surface area (Å²) in [5.41, 5.74) is 22.8. The molecule has 12 aromatic rings. The van der Waals surface area contributed by atoms with Gasteiger partial charge in [0.05, 0.1) is 51.6 Å². The Balaban J connectivity index is 1.22. The Hall–Kier alpha value is -9.22. The molecule has 0 aliphatic heterocycles. The Morgan fingerprint density at radius 1 is 0.357 bits per heavy atom. The molecule has 70 heavy (non-hydrogen) atoms. The van der Waals surface area contributed by atoms with Gasteiger partial charge in [-0.05, 0) is 178 Å². The third-order valence-electron chi connectivity index (χ3n) is 14.4. The van der Waals surface area contributed by atoms with Gasteiger partial charge in [-0.1, -0.05) is 133 Å². The molecular formula is C66H46N4. The summed E-state index contributed by atoms with van der Waals surface area (Å²) < 4.78 is 4.77. The monoisotopic (exact) mass is 894 g/mol. The Morgan fingerprint density at radius 2 is 0.700 bits per heavy atom. The van der Waals surface area contributed by atoms with Crippen molar-refractivity contribution in [2.75, 3.05) is 0 Å². The van der Waals surface area contributed by atoms with E-state index in [4.69, 9.17) is 6.57 Å². The van der Waals surface area contributed by atoms with Crippen molar-refractivity contribution in [2.24, 2.45) is 0 Å². The van der Waals surface area contributed by atoms with E-state index in [0.29, 0.717) is 11.3 Å². The third kappa shape index (κ3) is 6.89. The van der Waals surface area contributed by atoms with Crippen molar-refractivity contribution in [2.45, 2.75) is 27.7 Å². The molecule has 0 bridgehead atoms. The van der Waals surface area contributed by atoms with E-state index < -0.39 is 0 Å². The molecule has 0 N–H and O–H groups in total. The van der Waals surface area contributed by atoms with Crippen LogP contribution in [-0.4, -0.2) is 9.13 Å². The van der Waals surface area contributed by atoms with Crippen LogP contribution in [0.3, 0.4) is 0 Å². The maximum atomic E-state index is 10.1. The summed E-state index contributed by atoms with van der Waals surface area (Å²) in [5, 5.41) is 14.6. The van der Waals surface area contributed by atoms with Crippen molar-refractivity contribution in [3.8, 4) is 73.1 Å². The lowest BCUT2D eigenvalue weighted by Crippen LogP contribution is -2.04. The van der Waals surface area contributed by atoms with Crippen LogP contribution in [0.5, 0.6) is 0 Å². The predicted molar refractivity (Wildman–Crippen MR) is 292 cm³/mol. The van der Waals surface area contributed by atoms with Crippen LogP contribution >= 0.6 is 0 Å². The average Bonchev–Trinajstić information content (AvgIpc) is 3.90. The van der Waals surface area contributed by atoms with Crippen LogP contribution in [0.1, 0.15) is 27.8 Å². The first-order valence-corrected chi connectivity index (χ1v) is 23.8. The first-order valence-electron chi connectivity index (χ1n) is 23.8. The van der Waals surface area contributed by atoms with E-state index in [1.165, 1.54) is 44.5 Å². The standard InChI is InChI=1S/C66H46N4/c1-41-15-6-10-21-51(41)47-25-29-61-56(34-47)57-35-48(52-22-11-7-16-42(52)2)26-30-62(57)69(61)65-38-55(46-20-14-19-45(33-46)40-67)60(68-5)39-66(65)70-63-31-27-49(53-23-12-8-17-43(53)3)36-58(63)59-37-50(28-32-64(59)70)54-24-13-9-18-44(54)4/h6-39H,1-4H3. The number of aromatic nitrogens is 2. The quantitative estimate of drug-likeness (QED) is 0.147. The highest BCUT2D eigenvalue weighted by Gasteiger charge is 2.24. The SMILES string of the molecule is [C-]#[N+]c1cc(-n2c3ccc(-c4ccccc4C)cc3c3cc(-c4ccccc4C)ccc32)c(-n2c3ccc(-c4ccccc4C)cc3c3cc(-c4ccccc4C)ccc32)cc1-c1cccc(C#N)c1. The van der Waals surface area contributed by atoms with Crippen molar-refractivity contribution in [3.05, 3.63) is 245 Å². The van der Waals surface area contributed by atoms with Gasteiger partial charge < -0.3 is 9.13 Å². The van der Waals surface area contributed by atoms with Crippen molar-refractivity contribution in [1.82, 2.24) is 9.13 Å². The molecule has 0 aliphatic carbocycles. The summed E-state index contributed by atoms with van der Waals surface area (Å²) in [6.45, 7) is 17.5. The number of nitrogens with zero attached hydrogens (tertiary/aromatic N) is 4. The minimum Gasteiger partial charge on any atom is -0.308 e. The fourth-order valence-corrected chi connectivity index (χ4v) is 10.8. The molecule has 4 heteroatoms. The van der Waals surface area contributed by atoms with Gasteiger partial charge >= 0.3 is 0 Å². The van der Waals surface area contributed by atoms with E-state index >= 15 is 0 Å². The van der Waals surface area contributed by atoms with Crippen LogP contribution in [0, 0.1) is 45.6 Å². The van der Waals surface area contributed by atoms with Gasteiger partial charge in [0.1, 0.15) is 0 Å². The number of nitriles is 1. The van der Waals surface area contributed by atoms with E-state index in [0.717, 1.165) is 88.4 Å². The number of hydrogen-bond donors (Lipinski definition) is 0. The number of hydrogen-bond acceptors (Lipinski definition) is 1. The molecule has 0 saturated heterocycles. The summed E-state index contributed by atoms with van der Waals surface area (Å²) in [6.07, 6.45) is 0. The highest BCUT2D eigenvalue weighted by molar-refractivity contribution is 6.14. The largest absolute Gasteiger partial charge is 0.308 e. The molecule has 0 spiro atoms. The molecular weight excluding hydrogens is 849 g/mol. The van der Waals surface area contributed by atoms with Crippen LogP contribution in [-0.2, 0) is 0 Å². The topological polar surface area (TPSA) is 38.0 Å². The van der Waals surface area contributed by atoms with E-state index in [1.807, 2.05) is 24.3 Å². The maximum absolute atomic E-state index is 10.1. The number of benzene rings is 10. The maximum Gasteiger partial charge on any atom is 0.197 e. The minimum absolute atomic E-state index is 0.501. The molecule has 2 heterocycles. The second kappa shape index (κ2) is 16.8. The van der Waals surface area contributed by atoms with Crippen LogP contribution in [0.4, 0.5) is 5.69 Å². The zero-order valence-corrected chi connectivity index (χ0v) is 39.4. The first-order chi connectivity index (χ1) is 34.3. The van der Waals surface area contributed by atoms with Gasteiger partial charge in [-0.2, -0.15) is 5.26 Å². The van der Waals surface area contributed by atoms with Gasteiger partial charge in [0.2, 0.25) is 0 Å². The molecule has 0 radical (unpaired) electrons. The molecule has 0 amide bonds. The van der Waals surface area contributed by atoms with Gasteiger partial charge in [0.15, 0.2) is 5.69 Å². The minimum atomic E-state index is 0.501. The lowest BCUT2D eigenvalue weighted by atomic mass is 9.97. The Bertz CT molecular complexity index is 4000. The molecule has 12 rings (SSSR count). The Morgan fingerprint density at radius 3 is 1.04 bits per heavy atom. The van der Waals surface area contributed by atoms with Crippen molar-refractivity contribution < 1.29 is 0 Å². The van der Waals surface area contributed by atoms with Gasteiger partial charge in [-0.3, -0.25) is 0 Å². The highest BCUT2D eigenvalue weighted by Crippen LogP contribution is 2.46. The second-order valence-electron chi connectivity index (χ2n) is 18.5. The van der Waals surface area contributed by atoms with E-state index in [2.05, 4.69) is 230 Å². The van der Waals surface area contributed by atoms with Crippen LogP contribution in [0.25, 0.3) is 115 Å².